The Morgan fingerprint density at radius 3 is 2.69 bits per heavy atom. The Balaban J connectivity index is 2.68. The molecule has 0 heterocycles. The van der Waals surface area contributed by atoms with Gasteiger partial charge in [0, 0.05) is 12.2 Å². The van der Waals surface area contributed by atoms with Crippen LogP contribution in [0.5, 0.6) is 0 Å². The molecule has 1 aromatic rings. The Morgan fingerprint density at radius 1 is 1.31 bits per heavy atom. The fraction of sp³-hybridized carbons (Fsp3) is 0.250. The summed E-state index contributed by atoms with van der Waals surface area (Å²) in [6, 6.07) is 6.76. The zero-order valence-corrected chi connectivity index (χ0v) is 7.14. The van der Waals surface area contributed by atoms with Gasteiger partial charge in [0.2, 0.25) is 0 Å². The van der Waals surface area contributed by atoms with Gasteiger partial charge in [0.1, 0.15) is 0 Å². The number of nitrogens with one attached hydrogen (secondary N) is 1. The highest BCUT2D eigenvalue weighted by molar-refractivity contribution is 6.58. The Morgan fingerprint density at radius 2 is 2.08 bits per heavy atom. The third-order valence-electron chi connectivity index (χ3n) is 1.63. The summed E-state index contributed by atoms with van der Waals surface area (Å²) in [6.45, 7) is 0.497. The Hall–Kier alpha value is -1.04. The van der Waals surface area contributed by atoms with Gasteiger partial charge in [0.15, 0.2) is 0 Å². The van der Waals surface area contributed by atoms with Crippen LogP contribution in [-0.4, -0.2) is 35.4 Å². The quantitative estimate of drug-likeness (QED) is 0.439. The van der Waals surface area contributed by atoms with Gasteiger partial charge in [0.25, 0.3) is 0 Å². The molecule has 0 saturated heterocycles. The minimum atomic E-state index is -1.45. The number of hydrogen-bond acceptors (Lipinski definition) is 4. The van der Waals surface area contributed by atoms with Gasteiger partial charge in [-0.2, -0.15) is 0 Å². The number of aliphatic hydroxyl groups excluding tert-OH is 1. The Bertz CT molecular complexity index is 267. The standard InChI is InChI=1S/C8H12BNO3/c11-5-4-10-8-3-1-2-7(6-8)9(12)13/h1-3,6,10-13H,4-5H2. The van der Waals surface area contributed by atoms with Crippen LogP contribution in [0, 0.1) is 0 Å². The van der Waals surface area contributed by atoms with Crippen LogP contribution >= 0.6 is 0 Å². The van der Waals surface area contributed by atoms with Crippen LogP contribution < -0.4 is 10.8 Å². The first kappa shape index (κ1) is 10.0. The number of benzene rings is 1. The highest BCUT2D eigenvalue weighted by Crippen LogP contribution is 2.02. The second-order valence-corrected chi connectivity index (χ2v) is 2.65. The number of anilines is 1. The first-order valence-electron chi connectivity index (χ1n) is 4.05. The molecule has 5 heteroatoms. The molecule has 0 bridgehead atoms. The van der Waals surface area contributed by atoms with Crippen LogP contribution in [0.15, 0.2) is 24.3 Å². The molecule has 0 amide bonds. The van der Waals surface area contributed by atoms with E-state index in [9.17, 15) is 0 Å². The van der Waals surface area contributed by atoms with Gasteiger partial charge in [-0.1, -0.05) is 12.1 Å². The van der Waals surface area contributed by atoms with E-state index in [0.29, 0.717) is 12.0 Å². The molecular formula is C8H12BNO3. The van der Waals surface area contributed by atoms with Crippen molar-refractivity contribution in [2.24, 2.45) is 0 Å². The second kappa shape index (κ2) is 4.86. The molecule has 0 aliphatic heterocycles. The van der Waals surface area contributed by atoms with Crippen molar-refractivity contribution in [3.63, 3.8) is 0 Å². The SMILES string of the molecule is OCCNc1cccc(B(O)O)c1. The van der Waals surface area contributed by atoms with Gasteiger partial charge in [-0.15, -0.1) is 0 Å². The van der Waals surface area contributed by atoms with Crippen molar-refractivity contribution in [3.8, 4) is 0 Å². The maximum Gasteiger partial charge on any atom is 0.488 e. The smallest absolute Gasteiger partial charge is 0.423 e. The van der Waals surface area contributed by atoms with Crippen LogP contribution in [0.25, 0.3) is 0 Å². The van der Waals surface area contributed by atoms with Crippen LogP contribution in [0.3, 0.4) is 0 Å². The molecule has 1 rings (SSSR count). The minimum Gasteiger partial charge on any atom is -0.423 e. The maximum absolute atomic E-state index is 8.85. The molecule has 0 atom stereocenters. The van der Waals surface area contributed by atoms with E-state index in [0.717, 1.165) is 5.69 Å². The van der Waals surface area contributed by atoms with Gasteiger partial charge in [-0.25, -0.2) is 0 Å². The van der Waals surface area contributed by atoms with Crippen molar-refractivity contribution < 1.29 is 15.2 Å². The normalized spacial score (nSPS) is 9.77. The molecule has 0 aliphatic rings. The lowest BCUT2D eigenvalue weighted by atomic mass is 9.80. The molecule has 4 nitrogen and oxygen atoms in total. The van der Waals surface area contributed by atoms with E-state index < -0.39 is 7.12 Å². The molecule has 1 aromatic carbocycles. The number of rotatable bonds is 4. The van der Waals surface area contributed by atoms with E-state index in [4.69, 9.17) is 15.2 Å². The average Bonchev–Trinajstić information content (AvgIpc) is 2.15. The molecule has 0 saturated carbocycles. The van der Waals surface area contributed by atoms with Gasteiger partial charge >= 0.3 is 7.12 Å². The van der Waals surface area contributed by atoms with E-state index in [1.165, 1.54) is 0 Å². The summed E-state index contributed by atoms with van der Waals surface area (Å²) in [7, 11) is -1.45. The molecule has 70 valence electrons. The Kier molecular flexibility index (Phi) is 3.76. The lowest BCUT2D eigenvalue weighted by Crippen LogP contribution is -2.29. The molecule has 0 spiro atoms. The van der Waals surface area contributed by atoms with Crippen molar-refractivity contribution >= 4 is 18.3 Å². The summed E-state index contributed by atoms with van der Waals surface area (Å²) >= 11 is 0. The lowest BCUT2D eigenvalue weighted by Gasteiger charge is -2.05. The molecule has 4 N–H and O–H groups in total. The monoisotopic (exact) mass is 181 g/mol. The molecule has 13 heavy (non-hydrogen) atoms. The summed E-state index contributed by atoms with van der Waals surface area (Å²) in [5, 5.41) is 29.2. The number of aliphatic hydroxyl groups is 1. The zero-order valence-electron chi connectivity index (χ0n) is 7.14. The topological polar surface area (TPSA) is 72.7 Å². The first-order chi connectivity index (χ1) is 6.24. The average molecular weight is 181 g/mol. The first-order valence-corrected chi connectivity index (χ1v) is 4.05. The highest BCUT2D eigenvalue weighted by atomic mass is 16.4. The minimum absolute atomic E-state index is 0.0475. The van der Waals surface area contributed by atoms with Crippen LogP contribution in [-0.2, 0) is 0 Å². The van der Waals surface area contributed by atoms with Crippen molar-refractivity contribution in [1.82, 2.24) is 0 Å². The summed E-state index contributed by atoms with van der Waals surface area (Å²) in [4.78, 5) is 0. The van der Waals surface area contributed by atoms with Gasteiger partial charge < -0.3 is 20.5 Å². The van der Waals surface area contributed by atoms with Gasteiger partial charge in [-0.05, 0) is 17.6 Å². The van der Waals surface area contributed by atoms with Crippen molar-refractivity contribution in [3.05, 3.63) is 24.3 Å². The third kappa shape index (κ3) is 3.06. The van der Waals surface area contributed by atoms with E-state index in [-0.39, 0.29) is 6.61 Å². The van der Waals surface area contributed by atoms with Gasteiger partial charge in [0.05, 0.1) is 6.61 Å². The summed E-state index contributed by atoms with van der Waals surface area (Å²) < 4.78 is 0. The van der Waals surface area contributed by atoms with Crippen LogP contribution in [0.2, 0.25) is 0 Å². The molecule has 0 unspecified atom stereocenters. The van der Waals surface area contributed by atoms with Crippen LogP contribution in [0.4, 0.5) is 5.69 Å². The molecular weight excluding hydrogens is 169 g/mol. The molecule has 0 aromatic heterocycles. The summed E-state index contributed by atoms with van der Waals surface area (Å²) in [5.74, 6) is 0. The van der Waals surface area contributed by atoms with Crippen molar-refractivity contribution in [2.75, 3.05) is 18.5 Å². The van der Waals surface area contributed by atoms with Crippen LogP contribution in [0.1, 0.15) is 0 Å². The summed E-state index contributed by atoms with van der Waals surface area (Å²) in [6.07, 6.45) is 0. The third-order valence-corrected chi connectivity index (χ3v) is 1.63. The maximum atomic E-state index is 8.85. The molecule has 0 aliphatic carbocycles. The predicted octanol–water partition coefficient (Wildman–Crippen LogP) is -1.23. The number of hydrogen-bond donors (Lipinski definition) is 4. The van der Waals surface area contributed by atoms with E-state index in [2.05, 4.69) is 5.32 Å². The van der Waals surface area contributed by atoms with E-state index >= 15 is 0 Å². The lowest BCUT2D eigenvalue weighted by molar-refractivity contribution is 0.311. The van der Waals surface area contributed by atoms with Crippen molar-refractivity contribution in [1.29, 1.82) is 0 Å². The van der Waals surface area contributed by atoms with E-state index in [1.54, 1.807) is 24.3 Å². The summed E-state index contributed by atoms with van der Waals surface area (Å²) in [5.41, 5.74) is 1.20. The molecule has 0 radical (unpaired) electrons. The van der Waals surface area contributed by atoms with Gasteiger partial charge in [-0.3, -0.25) is 0 Å². The Labute approximate surface area is 77.0 Å². The highest BCUT2D eigenvalue weighted by Gasteiger charge is 2.09. The van der Waals surface area contributed by atoms with Crippen molar-refractivity contribution in [2.45, 2.75) is 0 Å². The fourth-order valence-corrected chi connectivity index (χ4v) is 1.01. The molecule has 0 fully saturated rings. The fourth-order valence-electron chi connectivity index (χ4n) is 1.01. The predicted molar refractivity (Wildman–Crippen MR) is 51.8 cm³/mol. The largest absolute Gasteiger partial charge is 0.488 e. The van der Waals surface area contributed by atoms with E-state index in [1.807, 2.05) is 0 Å². The second-order valence-electron chi connectivity index (χ2n) is 2.65. The zero-order chi connectivity index (χ0) is 9.68.